The number of alkyl halides is 2. The van der Waals surface area contributed by atoms with Crippen LogP contribution in [0.2, 0.25) is 0 Å². The van der Waals surface area contributed by atoms with Crippen LogP contribution in [0.25, 0.3) is 11.1 Å². The van der Waals surface area contributed by atoms with Crippen molar-refractivity contribution >= 4 is 0 Å². The van der Waals surface area contributed by atoms with Gasteiger partial charge in [0.2, 0.25) is 0 Å². The van der Waals surface area contributed by atoms with E-state index in [0.717, 1.165) is 19.3 Å². The normalized spacial score (nSPS) is 11.0. The Labute approximate surface area is 132 Å². The second-order valence-electron chi connectivity index (χ2n) is 5.26. The van der Waals surface area contributed by atoms with Crippen molar-refractivity contribution in [3.63, 3.8) is 0 Å². The number of ether oxygens (including phenoxy) is 1. The van der Waals surface area contributed by atoms with Crippen LogP contribution in [-0.2, 0) is 6.42 Å². The van der Waals surface area contributed by atoms with Crippen LogP contribution in [0.5, 0.6) is 5.75 Å². The second-order valence-corrected chi connectivity index (χ2v) is 5.26. The van der Waals surface area contributed by atoms with E-state index in [1.807, 2.05) is 6.92 Å². The molecule has 0 aliphatic heterocycles. The van der Waals surface area contributed by atoms with Gasteiger partial charge in [-0.3, -0.25) is 0 Å². The van der Waals surface area contributed by atoms with Crippen molar-refractivity contribution in [1.29, 1.82) is 0 Å². The molecule has 0 atom stereocenters. The van der Waals surface area contributed by atoms with Crippen LogP contribution >= 0.6 is 0 Å². The first-order chi connectivity index (χ1) is 11.0. The van der Waals surface area contributed by atoms with Gasteiger partial charge in [0.15, 0.2) is 11.6 Å². The van der Waals surface area contributed by atoms with Crippen molar-refractivity contribution < 1.29 is 22.3 Å². The van der Waals surface area contributed by atoms with Crippen LogP contribution in [0.1, 0.15) is 31.7 Å². The predicted molar refractivity (Wildman–Crippen MR) is 81.7 cm³/mol. The highest BCUT2D eigenvalue weighted by Gasteiger charge is 2.15. The van der Waals surface area contributed by atoms with E-state index in [1.54, 1.807) is 6.07 Å². The van der Waals surface area contributed by atoms with Gasteiger partial charge in [-0.2, -0.15) is 8.78 Å². The summed E-state index contributed by atoms with van der Waals surface area (Å²) >= 11 is 0. The van der Waals surface area contributed by atoms with Crippen molar-refractivity contribution in [1.82, 2.24) is 0 Å². The lowest BCUT2D eigenvalue weighted by Gasteiger charge is -2.10. The first-order valence-electron chi connectivity index (χ1n) is 7.55. The summed E-state index contributed by atoms with van der Waals surface area (Å²) in [5.74, 6) is -1.78. The highest BCUT2D eigenvalue weighted by Crippen LogP contribution is 2.29. The molecule has 5 heteroatoms. The smallest absolute Gasteiger partial charge is 0.387 e. The number of halogens is 4. The van der Waals surface area contributed by atoms with Crippen LogP contribution in [0.4, 0.5) is 17.6 Å². The Morgan fingerprint density at radius 3 is 2.22 bits per heavy atom. The van der Waals surface area contributed by atoms with E-state index in [2.05, 4.69) is 4.74 Å². The van der Waals surface area contributed by atoms with Crippen molar-refractivity contribution in [3.8, 4) is 16.9 Å². The van der Waals surface area contributed by atoms with E-state index in [1.165, 1.54) is 30.3 Å². The van der Waals surface area contributed by atoms with E-state index in [-0.39, 0.29) is 11.3 Å². The van der Waals surface area contributed by atoms with Crippen molar-refractivity contribution in [2.24, 2.45) is 0 Å². The molecule has 0 N–H and O–H groups in total. The van der Waals surface area contributed by atoms with Gasteiger partial charge in [0.1, 0.15) is 5.75 Å². The molecule has 0 bridgehead atoms. The average molecular weight is 326 g/mol. The summed E-state index contributed by atoms with van der Waals surface area (Å²) in [6.45, 7) is -0.876. The number of unbranched alkanes of at least 4 members (excludes halogenated alkanes) is 2. The van der Waals surface area contributed by atoms with Crippen molar-refractivity contribution in [2.45, 2.75) is 39.2 Å². The van der Waals surface area contributed by atoms with Crippen LogP contribution < -0.4 is 4.74 Å². The molecule has 0 spiro atoms. The Morgan fingerprint density at radius 2 is 1.61 bits per heavy atom. The van der Waals surface area contributed by atoms with Gasteiger partial charge in [-0.25, -0.2) is 8.78 Å². The molecular formula is C18H18F4O. The largest absolute Gasteiger partial charge is 0.435 e. The van der Waals surface area contributed by atoms with Crippen LogP contribution in [0.15, 0.2) is 36.4 Å². The fraction of sp³-hybridized carbons (Fsp3) is 0.333. The standard InChI is InChI=1S/C18H18F4O/c1-2-3-4-5-13-8-11-15(17(20)16(13)19)12-6-9-14(10-7-12)23-18(21)22/h6-11,18H,2-5H2,1H3. The Hall–Kier alpha value is -2.04. The molecule has 0 aromatic heterocycles. The molecule has 1 nitrogen and oxygen atoms in total. The lowest BCUT2D eigenvalue weighted by molar-refractivity contribution is -0.0498. The van der Waals surface area contributed by atoms with E-state index >= 15 is 0 Å². The maximum atomic E-state index is 14.2. The molecule has 2 aromatic rings. The van der Waals surface area contributed by atoms with Gasteiger partial charge in [-0.1, -0.05) is 44.0 Å². The van der Waals surface area contributed by atoms with Gasteiger partial charge < -0.3 is 4.74 Å². The minimum Gasteiger partial charge on any atom is -0.435 e. The fourth-order valence-electron chi connectivity index (χ4n) is 2.39. The molecule has 0 radical (unpaired) electrons. The number of rotatable bonds is 7. The Bertz CT molecular complexity index is 638. The topological polar surface area (TPSA) is 9.23 Å². The Kier molecular flexibility index (Phi) is 6.02. The lowest BCUT2D eigenvalue weighted by Crippen LogP contribution is -2.01. The summed E-state index contributed by atoms with van der Waals surface area (Å²) in [4.78, 5) is 0. The van der Waals surface area contributed by atoms with Gasteiger partial charge in [-0.05, 0) is 36.1 Å². The molecule has 23 heavy (non-hydrogen) atoms. The summed E-state index contributed by atoms with van der Waals surface area (Å²) in [6.07, 6.45) is 3.29. The molecule has 0 saturated heterocycles. The van der Waals surface area contributed by atoms with Crippen molar-refractivity contribution in [2.75, 3.05) is 0 Å². The van der Waals surface area contributed by atoms with E-state index in [4.69, 9.17) is 0 Å². The fourth-order valence-corrected chi connectivity index (χ4v) is 2.39. The van der Waals surface area contributed by atoms with Crippen LogP contribution in [0.3, 0.4) is 0 Å². The number of benzene rings is 2. The van der Waals surface area contributed by atoms with E-state index < -0.39 is 18.2 Å². The number of hydrogen-bond acceptors (Lipinski definition) is 1. The third-order valence-electron chi connectivity index (χ3n) is 3.60. The predicted octanol–water partition coefficient (Wildman–Crippen LogP) is 5.97. The van der Waals surface area contributed by atoms with Crippen LogP contribution in [-0.4, -0.2) is 6.61 Å². The third kappa shape index (κ3) is 4.47. The summed E-state index contributed by atoms with van der Waals surface area (Å²) < 4.78 is 56.8. The molecule has 0 amide bonds. The Balaban J connectivity index is 2.21. The van der Waals surface area contributed by atoms with E-state index in [0.29, 0.717) is 17.5 Å². The molecule has 2 rings (SSSR count). The first-order valence-corrected chi connectivity index (χ1v) is 7.55. The monoisotopic (exact) mass is 326 g/mol. The van der Waals surface area contributed by atoms with Gasteiger partial charge in [0.05, 0.1) is 0 Å². The zero-order valence-corrected chi connectivity index (χ0v) is 12.8. The minimum absolute atomic E-state index is 0.0270. The maximum Gasteiger partial charge on any atom is 0.387 e. The quantitative estimate of drug-likeness (QED) is 0.450. The number of aryl methyl sites for hydroxylation is 1. The van der Waals surface area contributed by atoms with Crippen LogP contribution in [0, 0.1) is 11.6 Å². The average Bonchev–Trinajstić information content (AvgIpc) is 2.52. The summed E-state index contributed by atoms with van der Waals surface area (Å²) in [5.41, 5.74) is 0.866. The minimum atomic E-state index is -2.92. The molecule has 124 valence electrons. The number of hydrogen-bond donors (Lipinski definition) is 0. The van der Waals surface area contributed by atoms with Gasteiger partial charge >= 0.3 is 6.61 Å². The van der Waals surface area contributed by atoms with Gasteiger partial charge in [0, 0.05) is 5.56 Å². The molecule has 0 saturated carbocycles. The second kappa shape index (κ2) is 7.99. The molecule has 0 heterocycles. The molecular weight excluding hydrogens is 308 g/mol. The van der Waals surface area contributed by atoms with Gasteiger partial charge in [0.25, 0.3) is 0 Å². The zero-order chi connectivity index (χ0) is 16.8. The van der Waals surface area contributed by atoms with E-state index in [9.17, 15) is 17.6 Å². The highest BCUT2D eigenvalue weighted by molar-refractivity contribution is 5.65. The molecule has 0 unspecified atom stereocenters. The summed E-state index contributed by atoms with van der Waals surface area (Å²) in [6, 6.07) is 8.54. The third-order valence-corrected chi connectivity index (χ3v) is 3.60. The highest BCUT2D eigenvalue weighted by atomic mass is 19.3. The van der Waals surface area contributed by atoms with Gasteiger partial charge in [-0.15, -0.1) is 0 Å². The molecule has 0 aliphatic rings. The first kappa shape index (κ1) is 17.3. The molecule has 2 aromatic carbocycles. The molecule has 0 aliphatic carbocycles. The van der Waals surface area contributed by atoms with Crippen molar-refractivity contribution in [3.05, 3.63) is 53.6 Å². The zero-order valence-electron chi connectivity index (χ0n) is 12.8. The lowest BCUT2D eigenvalue weighted by atomic mass is 10.00. The summed E-state index contributed by atoms with van der Waals surface area (Å²) in [7, 11) is 0. The Morgan fingerprint density at radius 1 is 0.913 bits per heavy atom. The summed E-state index contributed by atoms with van der Waals surface area (Å²) in [5, 5.41) is 0. The SMILES string of the molecule is CCCCCc1ccc(-c2ccc(OC(F)F)cc2)c(F)c1F. The molecule has 0 fully saturated rings. The maximum absolute atomic E-state index is 14.2.